The van der Waals surface area contributed by atoms with Crippen LogP contribution in [0.25, 0.3) is 11.0 Å². The standard InChI is InChI=1S/C23H31N5O4/c1-2-32-23(31)27-16-14-25(15-17-27)20(29)10-13-28-19-9-5-4-8-18(19)24-21(22(28)30)26-11-6-3-7-12-26/h4-5,8-9H,2-3,6-7,10-17H2,1H3. The lowest BCUT2D eigenvalue weighted by Gasteiger charge is -2.34. The Morgan fingerprint density at radius 3 is 2.38 bits per heavy atom. The molecule has 2 fully saturated rings. The van der Waals surface area contributed by atoms with Crippen LogP contribution in [0.4, 0.5) is 10.6 Å². The van der Waals surface area contributed by atoms with Gasteiger partial charge in [-0.3, -0.25) is 9.59 Å². The Balaban J connectivity index is 1.47. The first-order valence-electron chi connectivity index (χ1n) is 11.5. The number of benzene rings is 1. The molecule has 0 spiro atoms. The number of hydrogen-bond acceptors (Lipinski definition) is 6. The van der Waals surface area contributed by atoms with Crippen molar-refractivity contribution in [2.75, 3.05) is 50.8 Å². The average molecular weight is 442 g/mol. The van der Waals surface area contributed by atoms with Gasteiger partial charge in [0.15, 0.2) is 5.82 Å². The molecule has 0 unspecified atom stereocenters. The molecule has 0 aliphatic carbocycles. The monoisotopic (exact) mass is 441 g/mol. The van der Waals surface area contributed by atoms with Gasteiger partial charge in [-0.1, -0.05) is 12.1 Å². The number of fused-ring (bicyclic) bond motifs is 1. The molecular formula is C23H31N5O4. The average Bonchev–Trinajstić information content (AvgIpc) is 2.84. The highest BCUT2D eigenvalue weighted by Gasteiger charge is 2.25. The van der Waals surface area contributed by atoms with E-state index >= 15 is 0 Å². The predicted octanol–water partition coefficient (Wildman–Crippen LogP) is 2.08. The van der Waals surface area contributed by atoms with E-state index in [0.29, 0.717) is 45.1 Å². The Kier molecular flexibility index (Phi) is 6.92. The maximum Gasteiger partial charge on any atom is 0.409 e. The molecule has 1 aromatic heterocycles. The van der Waals surface area contributed by atoms with Crippen molar-refractivity contribution in [1.82, 2.24) is 19.4 Å². The molecule has 4 rings (SSSR count). The van der Waals surface area contributed by atoms with Gasteiger partial charge >= 0.3 is 6.09 Å². The zero-order chi connectivity index (χ0) is 22.5. The number of nitrogens with zero attached hydrogens (tertiary/aromatic N) is 5. The molecule has 0 N–H and O–H groups in total. The number of ether oxygens (including phenoxy) is 1. The number of carbonyl (C=O) groups is 2. The van der Waals surface area contributed by atoms with E-state index in [2.05, 4.69) is 9.88 Å². The van der Waals surface area contributed by atoms with Gasteiger partial charge in [0.25, 0.3) is 5.56 Å². The molecule has 2 amide bonds. The Bertz CT molecular complexity index is 1020. The van der Waals surface area contributed by atoms with Crippen molar-refractivity contribution < 1.29 is 14.3 Å². The Hall–Kier alpha value is -3.10. The second-order valence-corrected chi connectivity index (χ2v) is 8.25. The second kappa shape index (κ2) is 10.0. The van der Waals surface area contributed by atoms with Crippen LogP contribution in [-0.4, -0.2) is 77.2 Å². The molecule has 172 valence electrons. The first-order chi connectivity index (χ1) is 15.6. The summed E-state index contributed by atoms with van der Waals surface area (Å²) in [5.41, 5.74) is 1.38. The number of para-hydroxylation sites is 2. The summed E-state index contributed by atoms with van der Waals surface area (Å²) in [6.07, 6.45) is 3.19. The van der Waals surface area contributed by atoms with Crippen molar-refractivity contribution in [2.45, 2.75) is 39.2 Å². The Labute approximate surface area is 187 Å². The number of carbonyl (C=O) groups excluding carboxylic acids is 2. The van der Waals surface area contributed by atoms with Crippen LogP contribution in [0.1, 0.15) is 32.6 Å². The van der Waals surface area contributed by atoms with E-state index in [9.17, 15) is 14.4 Å². The third-order valence-electron chi connectivity index (χ3n) is 6.20. The molecule has 0 radical (unpaired) electrons. The molecule has 2 aromatic rings. The minimum atomic E-state index is -0.334. The van der Waals surface area contributed by atoms with Gasteiger partial charge in [0.1, 0.15) is 0 Å². The summed E-state index contributed by atoms with van der Waals surface area (Å²) in [6, 6.07) is 7.59. The van der Waals surface area contributed by atoms with Crippen molar-refractivity contribution in [2.24, 2.45) is 0 Å². The van der Waals surface area contributed by atoms with Gasteiger partial charge in [-0.25, -0.2) is 9.78 Å². The van der Waals surface area contributed by atoms with Crippen LogP contribution in [-0.2, 0) is 16.1 Å². The molecule has 1 aromatic carbocycles. The predicted molar refractivity (Wildman–Crippen MR) is 122 cm³/mol. The van der Waals surface area contributed by atoms with Crippen molar-refractivity contribution in [3.63, 3.8) is 0 Å². The smallest absolute Gasteiger partial charge is 0.409 e. The molecule has 0 bridgehead atoms. The lowest BCUT2D eigenvalue weighted by Crippen LogP contribution is -2.51. The fraction of sp³-hybridized carbons (Fsp3) is 0.565. The van der Waals surface area contributed by atoms with Crippen LogP contribution in [0.5, 0.6) is 0 Å². The van der Waals surface area contributed by atoms with Gasteiger partial charge in [0, 0.05) is 52.2 Å². The molecular weight excluding hydrogens is 410 g/mol. The van der Waals surface area contributed by atoms with Gasteiger partial charge in [-0.15, -0.1) is 0 Å². The van der Waals surface area contributed by atoms with E-state index in [1.165, 1.54) is 6.42 Å². The summed E-state index contributed by atoms with van der Waals surface area (Å²) < 4.78 is 6.73. The number of piperidine rings is 1. The zero-order valence-electron chi connectivity index (χ0n) is 18.7. The summed E-state index contributed by atoms with van der Waals surface area (Å²) >= 11 is 0. The first-order valence-corrected chi connectivity index (χ1v) is 11.5. The summed E-state index contributed by atoms with van der Waals surface area (Å²) in [4.78, 5) is 48.2. The van der Waals surface area contributed by atoms with Crippen LogP contribution in [0, 0.1) is 0 Å². The zero-order valence-corrected chi connectivity index (χ0v) is 18.7. The fourth-order valence-corrected chi connectivity index (χ4v) is 4.43. The summed E-state index contributed by atoms with van der Waals surface area (Å²) in [5, 5.41) is 0. The van der Waals surface area contributed by atoms with Crippen LogP contribution < -0.4 is 10.5 Å². The van der Waals surface area contributed by atoms with Crippen LogP contribution in [0.3, 0.4) is 0 Å². The number of piperazine rings is 1. The van der Waals surface area contributed by atoms with Crippen molar-refractivity contribution in [3.05, 3.63) is 34.6 Å². The molecule has 2 aliphatic rings. The van der Waals surface area contributed by atoms with Crippen LogP contribution >= 0.6 is 0 Å². The van der Waals surface area contributed by atoms with E-state index in [1.807, 2.05) is 24.3 Å². The summed E-state index contributed by atoms with van der Waals surface area (Å²) in [7, 11) is 0. The van der Waals surface area contributed by atoms with Crippen LogP contribution in [0.2, 0.25) is 0 Å². The number of anilines is 1. The molecule has 0 atom stereocenters. The van der Waals surface area contributed by atoms with E-state index in [0.717, 1.165) is 37.0 Å². The number of aryl methyl sites for hydroxylation is 1. The highest BCUT2D eigenvalue weighted by atomic mass is 16.6. The molecule has 0 saturated carbocycles. The largest absolute Gasteiger partial charge is 0.450 e. The molecule has 2 saturated heterocycles. The Morgan fingerprint density at radius 2 is 1.66 bits per heavy atom. The van der Waals surface area contributed by atoms with Crippen molar-refractivity contribution in [1.29, 1.82) is 0 Å². The molecule has 3 heterocycles. The topological polar surface area (TPSA) is 88.0 Å². The maximum atomic E-state index is 13.3. The van der Waals surface area contributed by atoms with E-state index < -0.39 is 0 Å². The molecule has 32 heavy (non-hydrogen) atoms. The van der Waals surface area contributed by atoms with Gasteiger partial charge in [0.05, 0.1) is 17.6 Å². The summed E-state index contributed by atoms with van der Waals surface area (Å²) in [5.74, 6) is 0.472. The van der Waals surface area contributed by atoms with E-state index in [4.69, 9.17) is 4.74 Å². The molecule has 9 heteroatoms. The number of aromatic nitrogens is 2. The van der Waals surface area contributed by atoms with E-state index in [1.54, 1.807) is 21.3 Å². The first kappa shape index (κ1) is 22.1. The second-order valence-electron chi connectivity index (χ2n) is 8.25. The number of amides is 2. The van der Waals surface area contributed by atoms with Gasteiger partial charge in [-0.2, -0.15) is 0 Å². The van der Waals surface area contributed by atoms with E-state index in [-0.39, 0.29) is 24.0 Å². The van der Waals surface area contributed by atoms with Gasteiger partial charge in [0.2, 0.25) is 5.91 Å². The quantitative estimate of drug-likeness (QED) is 0.706. The van der Waals surface area contributed by atoms with Crippen molar-refractivity contribution >= 4 is 28.9 Å². The molecule has 2 aliphatic heterocycles. The minimum absolute atomic E-state index is 0.0131. The minimum Gasteiger partial charge on any atom is -0.450 e. The van der Waals surface area contributed by atoms with Crippen molar-refractivity contribution in [3.8, 4) is 0 Å². The lowest BCUT2D eigenvalue weighted by atomic mass is 10.1. The van der Waals surface area contributed by atoms with Crippen LogP contribution in [0.15, 0.2) is 29.1 Å². The normalized spacial score (nSPS) is 17.0. The van der Waals surface area contributed by atoms with Gasteiger partial charge in [-0.05, 0) is 38.3 Å². The third-order valence-corrected chi connectivity index (χ3v) is 6.20. The highest BCUT2D eigenvalue weighted by Crippen LogP contribution is 2.18. The maximum absolute atomic E-state index is 13.3. The SMILES string of the molecule is CCOC(=O)N1CCN(C(=O)CCn2c(=O)c(N3CCCCC3)nc3ccccc32)CC1. The highest BCUT2D eigenvalue weighted by molar-refractivity contribution is 5.78. The number of rotatable bonds is 5. The Morgan fingerprint density at radius 1 is 0.969 bits per heavy atom. The number of hydrogen-bond donors (Lipinski definition) is 0. The van der Waals surface area contributed by atoms with Gasteiger partial charge < -0.3 is 24.0 Å². The molecule has 9 nitrogen and oxygen atoms in total. The fourth-order valence-electron chi connectivity index (χ4n) is 4.43. The lowest BCUT2D eigenvalue weighted by molar-refractivity contribution is -0.133. The third kappa shape index (κ3) is 4.71. The summed E-state index contributed by atoms with van der Waals surface area (Å²) in [6.45, 7) is 5.97.